The van der Waals surface area contributed by atoms with Gasteiger partial charge in [0.2, 0.25) is 0 Å². The van der Waals surface area contributed by atoms with E-state index < -0.39 is 41.2 Å². The largest absolute Gasteiger partial charge is 0.377 e. The average Bonchev–Trinajstić information content (AvgIpc) is 3.41. The Hall–Kier alpha value is -3.26. The van der Waals surface area contributed by atoms with Crippen molar-refractivity contribution in [2.45, 2.75) is 24.5 Å². The molecule has 1 aliphatic carbocycles. The zero-order valence-corrected chi connectivity index (χ0v) is 19.5. The first-order chi connectivity index (χ1) is 16.6. The number of nitrogens with zero attached hydrogens (tertiary/aromatic N) is 4. The molecule has 1 aromatic carbocycles. The van der Waals surface area contributed by atoms with Gasteiger partial charge in [0.25, 0.3) is 5.92 Å². The number of aliphatic hydroxyl groups is 1. The number of thiophene rings is 1. The lowest BCUT2D eigenvalue weighted by Gasteiger charge is -2.40. The molecule has 0 aliphatic heterocycles. The van der Waals surface area contributed by atoms with E-state index in [9.17, 15) is 13.9 Å². The van der Waals surface area contributed by atoms with Crippen LogP contribution in [0, 0.1) is 29.4 Å². The number of hydrogen-bond donors (Lipinski definition) is 1. The minimum Gasteiger partial charge on any atom is -0.377 e. The Morgan fingerprint density at radius 2 is 2.03 bits per heavy atom. The fourth-order valence-electron chi connectivity index (χ4n) is 3.70. The van der Waals surface area contributed by atoms with Crippen LogP contribution in [0.4, 0.5) is 17.6 Å². The first-order valence-electron chi connectivity index (χ1n) is 10.2. The maximum Gasteiger partial charge on any atom is 0.292 e. The van der Waals surface area contributed by atoms with Crippen LogP contribution in [0.2, 0.25) is 4.34 Å². The Bertz CT molecular complexity index is 1370. The molecule has 0 radical (unpaired) electrons. The number of rotatable bonds is 5. The molecule has 0 amide bonds. The first-order valence-corrected chi connectivity index (χ1v) is 11.4. The second-order valence-electron chi connectivity index (χ2n) is 7.83. The molecular weight excluding hydrogens is 504 g/mol. The Morgan fingerprint density at radius 1 is 1.23 bits per heavy atom. The van der Waals surface area contributed by atoms with Crippen molar-refractivity contribution >= 4 is 22.9 Å². The molecule has 180 valence electrons. The number of hydrogen-bond acceptors (Lipinski definition) is 5. The minimum absolute atomic E-state index is 0.0370. The van der Waals surface area contributed by atoms with Crippen molar-refractivity contribution in [1.82, 2.24) is 20.2 Å². The van der Waals surface area contributed by atoms with Gasteiger partial charge in [-0.2, -0.15) is 0 Å². The number of benzene rings is 1. The van der Waals surface area contributed by atoms with Gasteiger partial charge in [-0.05, 0) is 41.1 Å². The van der Waals surface area contributed by atoms with E-state index >= 15 is 8.78 Å². The van der Waals surface area contributed by atoms with Crippen LogP contribution in [0.5, 0.6) is 0 Å². The van der Waals surface area contributed by atoms with E-state index in [-0.39, 0.29) is 12.0 Å². The van der Waals surface area contributed by atoms with E-state index in [2.05, 4.69) is 33.9 Å². The van der Waals surface area contributed by atoms with Gasteiger partial charge in [0, 0.05) is 17.2 Å². The topological polar surface area (TPSA) is 63.8 Å². The van der Waals surface area contributed by atoms with Crippen LogP contribution in [0.25, 0.3) is 0 Å². The predicted octanol–water partition coefficient (Wildman–Crippen LogP) is 5.30. The summed E-state index contributed by atoms with van der Waals surface area (Å²) in [6.07, 6.45) is 5.25. The van der Waals surface area contributed by atoms with Crippen molar-refractivity contribution in [2.75, 3.05) is 0 Å². The molecule has 0 saturated carbocycles. The molecule has 1 aliphatic rings. The van der Waals surface area contributed by atoms with E-state index in [1.807, 2.05) is 0 Å². The molecule has 5 nitrogen and oxygen atoms in total. The molecule has 0 bridgehead atoms. The zero-order valence-electron chi connectivity index (χ0n) is 17.9. The molecule has 2 atom stereocenters. The highest BCUT2D eigenvalue weighted by Crippen LogP contribution is 2.48. The molecule has 1 N–H and O–H groups in total. The van der Waals surface area contributed by atoms with Crippen molar-refractivity contribution in [3.8, 4) is 11.8 Å². The quantitative estimate of drug-likeness (QED) is 0.282. The summed E-state index contributed by atoms with van der Waals surface area (Å²) in [7, 11) is 0. The summed E-state index contributed by atoms with van der Waals surface area (Å²) in [5.41, 5.74) is -3.42. The van der Waals surface area contributed by atoms with Gasteiger partial charge in [-0.3, -0.25) is 0 Å². The SMILES string of the molecule is C=C1CC=C(C#Cc2ccc(Cl)s2)C=CC1C(F)(F)C(O)(Cn1cnnn1)c1ccc(F)cc1F. The van der Waals surface area contributed by atoms with Gasteiger partial charge in [0.15, 0.2) is 5.60 Å². The number of allylic oxidation sites excluding steroid dienone is 5. The summed E-state index contributed by atoms with van der Waals surface area (Å²) >= 11 is 7.18. The van der Waals surface area contributed by atoms with Crippen molar-refractivity contribution in [1.29, 1.82) is 0 Å². The van der Waals surface area contributed by atoms with Gasteiger partial charge in [0.1, 0.15) is 18.0 Å². The van der Waals surface area contributed by atoms with E-state index in [1.54, 1.807) is 18.2 Å². The van der Waals surface area contributed by atoms with Crippen molar-refractivity contribution in [2.24, 2.45) is 5.92 Å². The lowest BCUT2D eigenvalue weighted by molar-refractivity contribution is -0.212. The smallest absolute Gasteiger partial charge is 0.292 e. The van der Waals surface area contributed by atoms with Crippen LogP contribution in [0.3, 0.4) is 0 Å². The molecule has 2 heterocycles. The lowest BCUT2D eigenvalue weighted by atomic mass is 9.77. The maximum atomic E-state index is 16.2. The molecule has 0 spiro atoms. The van der Waals surface area contributed by atoms with Crippen LogP contribution in [-0.4, -0.2) is 31.2 Å². The van der Waals surface area contributed by atoms with Crippen molar-refractivity contribution in [3.05, 3.63) is 99.0 Å². The summed E-state index contributed by atoms with van der Waals surface area (Å²) in [5.74, 6) is -2.21. The fraction of sp³-hybridized carbons (Fsp3) is 0.208. The second kappa shape index (κ2) is 9.77. The normalized spacial score (nSPS) is 17.8. The highest BCUT2D eigenvalue weighted by atomic mass is 35.5. The van der Waals surface area contributed by atoms with Crippen LogP contribution in [-0.2, 0) is 12.1 Å². The third-order valence-corrected chi connectivity index (χ3v) is 6.64. The lowest BCUT2D eigenvalue weighted by Crippen LogP contribution is -2.53. The van der Waals surface area contributed by atoms with Gasteiger partial charge < -0.3 is 5.11 Å². The number of alkyl halides is 2. The van der Waals surface area contributed by atoms with E-state index in [0.29, 0.717) is 20.9 Å². The average molecular weight is 521 g/mol. The second-order valence-corrected chi connectivity index (χ2v) is 9.54. The van der Waals surface area contributed by atoms with Gasteiger partial charge >= 0.3 is 0 Å². The molecule has 35 heavy (non-hydrogen) atoms. The number of halogens is 5. The summed E-state index contributed by atoms with van der Waals surface area (Å²) in [5, 5.41) is 21.7. The Balaban J connectivity index is 1.72. The Kier molecular flexibility index (Phi) is 6.94. The summed E-state index contributed by atoms with van der Waals surface area (Å²) in [6.45, 7) is 2.87. The van der Waals surface area contributed by atoms with Crippen LogP contribution >= 0.6 is 22.9 Å². The zero-order chi connectivity index (χ0) is 25.2. The van der Waals surface area contributed by atoms with Gasteiger partial charge in [-0.15, -0.1) is 16.4 Å². The highest BCUT2D eigenvalue weighted by molar-refractivity contribution is 7.16. The number of aromatic nitrogens is 4. The van der Waals surface area contributed by atoms with E-state index in [4.69, 9.17) is 11.6 Å². The summed E-state index contributed by atoms with van der Waals surface area (Å²) in [4.78, 5) is 0.705. The van der Waals surface area contributed by atoms with Gasteiger partial charge in [0.05, 0.1) is 21.7 Å². The molecule has 0 fully saturated rings. The van der Waals surface area contributed by atoms with E-state index in [1.165, 1.54) is 23.5 Å². The highest BCUT2D eigenvalue weighted by Gasteiger charge is 2.60. The Labute approximate surface area is 207 Å². The maximum absolute atomic E-state index is 16.2. The summed E-state index contributed by atoms with van der Waals surface area (Å²) < 4.78 is 61.9. The standard InChI is InChI=1S/C24H17ClF4N4OS/c1-15-2-3-16(4-7-18-8-11-22(25)35-18)5-9-19(15)24(28,29)23(34,13-33-14-30-31-32-33)20-10-6-17(26)12-21(20)27/h3,5-6,8-12,14,19,34H,1-2,13H2. The molecule has 11 heteroatoms. The van der Waals surface area contributed by atoms with Crippen LogP contribution in [0.1, 0.15) is 16.9 Å². The molecular formula is C24H17ClF4N4OS. The molecule has 0 saturated heterocycles. The van der Waals surface area contributed by atoms with Gasteiger partial charge in [-0.1, -0.05) is 53.8 Å². The predicted molar refractivity (Wildman–Crippen MR) is 124 cm³/mol. The molecule has 2 unspecified atom stereocenters. The molecule has 4 rings (SSSR count). The van der Waals surface area contributed by atoms with Crippen LogP contribution < -0.4 is 0 Å². The monoisotopic (exact) mass is 520 g/mol. The molecule has 3 aromatic rings. The van der Waals surface area contributed by atoms with E-state index in [0.717, 1.165) is 23.1 Å². The third-order valence-electron chi connectivity index (χ3n) is 5.50. The molecule has 2 aromatic heterocycles. The van der Waals surface area contributed by atoms with Crippen molar-refractivity contribution < 1.29 is 22.7 Å². The summed E-state index contributed by atoms with van der Waals surface area (Å²) in [6, 6.07) is 5.45. The third kappa shape index (κ3) is 5.07. The van der Waals surface area contributed by atoms with Crippen molar-refractivity contribution in [3.63, 3.8) is 0 Å². The number of tetrazole rings is 1. The first kappa shape index (κ1) is 24.9. The van der Waals surface area contributed by atoms with Gasteiger partial charge in [-0.25, -0.2) is 22.2 Å². The fourth-order valence-corrected chi connectivity index (χ4v) is 4.59. The van der Waals surface area contributed by atoms with Crippen LogP contribution in [0.15, 0.2) is 72.6 Å². The Morgan fingerprint density at radius 3 is 2.69 bits per heavy atom. The minimum atomic E-state index is -4.01.